The third-order valence-corrected chi connectivity index (χ3v) is 3.57. The number of imidazole rings is 1. The van der Waals surface area contributed by atoms with Crippen molar-refractivity contribution in [2.24, 2.45) is 5.73 Å². The van der Waals surface area contributed by atoms with Crippen LogP contribution < -0.4 is 10.5 Å². The van der Waals surface area contributed by atoms with Gasteiger partial charge < -0.3 is 15.5 Å². The van der Waals surface area contributed by atoms with Crippen LogP contribution in [0, 0.1) is 0 Å². The second kappa shape index (κ2) is 4.04. The summed E-state index contributed by atoms with van der Waals surface area (Å²) in [5.41, 5.74) is 7.98. The minimum absolute atomic E-state index is 0.336. The normalized spacial score (nSPS) is 24.4. The number of aromatic amines is 1. The van der Waals surface area contributed by atoms with Gasteiger partial charge in [0.2, 0.25) is 0 Å². The van der Waals surface area contributed by atoms with Crippen LogP contribution in [0.25, 0.3) is 11.0 Å². The van der Waals surface area contributed by atoms with Crippen molar-refractivity contribution in [1.82, 2.24) is 9.97 Å². The number of benzene rings is 1. The van der Waals surface area contributed by atoms with Gasteiger partial charge in [0.25, 0.3) is 0 Å². The molecule has 0 radical (unpaired) electrons. The Kier molecular flexibility index (Phi) is 2.52. The predicted octanol–water partition coefficient (Wildman–Crippen LogP) is 2.17. The molecule has 0 spiro atoms. The molecule has 1 heterocycles. The van der Waals surface area contributed by atoms with Gasteiger partial charge in [-0.25, -0.2) is 4.98 Å². The van der Waals surface area contributed by atoms with Crippen LogP contribution in [0.15, 0.2) is 18.2 Å². The zero-order chi connectivity index (χ0) is 11.8. The monoisotopic (exact) mass is 231 g/mol. The lowest BCUT2D eigenvalue weighted by Gasteiger charge is -2.04. The molecule has 90 valence electrons. The zero-order valence-electron chi connectivity index (χ0n) is 9.94. The lowest BCUT2D eigenvalue weighted by Crippen LogP contribution is -2.14. The number of nitrogens with zero attached hydrogens (tertiary/aromatic N) is 1. The molecule has 17 heavy (non-hydrogen) atoms. The molecule has 1 aromatic carbocycles. The predicted molar refractivity (Wildman–Crippen MR) is 67.2 cm³/mol. The van der Waals surface area contributed by atoms with Crippen LogP contribution in [0.1, 0.15) is 31.0 Å². The first-order valence-corrected chi connectivity index (χ1v) is 6.05. The van der Waals surface area contributed by atoms with Crippen LogP contribution >= 0.6 is 0 Å². The SMILES string of the molecule is COc1ccc2nc([C@@H]3CC[C@H](N)C3)[nH]c2c1. The summed E-state index contributed by atoms with van der Waals surface area (Å²) in [6.45, 7) is 0. The summed E-state index contributed by atoms with van der Waals surface area (Å²) in [7, 11) is 1.68. The van der Waals surface area contributed by atoms with Gasteiger partial charge in [-0.05, 0) is 31.4 Å². The first-order chi connectivity index (χ1) is 8.26. The molecule has 2 atom stereocenters. The van der Waals surface area contributed by atoms with Crippen LogP contribution in [0.4, 0.5) is 0 Å². The van der Waals surface area contributed by atoms with E-state index >= 15 is 0 Å². The minimum atomic E-state index is 0.336. The van der Waals surface area contributed by atoms with E-state index in [1.165, 1.54) is 0 Å². The van der Waals surface area contributed by atoms with Crippen LogP contribution in [0.2, 0.25) is 0 Å². The number of H-pyrrole nitrogens is 1. The number of ether oxygens (including phenoxy) is 1. The molecule has 0 aliphatic heterocycles. The maximum Gasteiger partial charge on any atom is 0.121 e. The fourth-order valence-electron chi connectivity index (χ4n) is 2.59. The molecule has 0 saturated heterocycles. The van der Waals surface area contributed by atoms with Crippen LogP contribution in [-0.2, 0) is 0 Å². The van der Waals surface area contributed by atoms with Crippen LogP contribution in [-0.4, -0.2) is 23.1 Å². The lowest BCUT2D eigenvalue weighted by molar-refractivity contribution is 0.415. The molecule has 1 aromatic heterocycles. The number of hydrogen-bond donors (Lipinski definition) is 2. The largest absolute Gasteiger partial charge is 0.497 e. The summed E-state index contributed by atoms with van der Waals surface area (Å²) in [6.07, 6.45) is 3.28. The van der Waals surface area contributed by atoms with Crippen molar-refractivity contribution in [1.29, 1.82) is 0 Å². The fraction of sp³-hybridized carbons (Fsp3) is 0.462. The molecular weight excluding hydrogens is 214 g/mol. The standard InChI is InChI=1S/C13H17N3O/c1-17-10-4-5-11-12(7-10)16-13(15-11)8-2-3-9(14)6-8/h4-5,7-9H,2-3,6,14H2,1H3,(H,15,16)/t8-,9+/m1/s1. The molecule has 3 rings (SSSR count). The van der Waals surface area contributed by atoms with Crippen LogP contribution in [0.3, 0.4) is 0 Å². The molecule has 1 saturated carbocycles. The number of fused-ring (bicyclic) bond motifs is 1. The van der Waals surface area contributed by atoms with Crippen molar-refractivity contribution in [3.05, 3.63) is 24.0 Å². The molecule has 4 nitrogen and oxygen atoms in total. The van der Waals surface area contributed by atoms with Gasteiger partial charge in [0.05, 0.1) is 18.1 Å². The third-order valence-electron chi connectivity index (χ3n) is 3.57. The van der Waals surface area contributed by atoms with E-state index in [1.807, 2.05) is 18.2 Å². The molecule has 2 aromatic rings. The Hall–Kier alpha value is -1.55. The van der Waals surface area contributed by atoms with Crippen molar-refractivity contribution < 1.29 is 4.74 Å². The van der Waals surface area contributed by atoms with Gasteiger partial charge in [0, 0.05) is 18.0 Å². The summed E-state index contributed by atoms with van der Waals surface area (Å²) in [5.74, 6) is 2.42. The van der Waals surface area contributed by atoms with E-state index in [9.17, 15) is 0 Å². The van der Waals surface area contributed by atoms with E-state index in [-0.39, 0.29) is 0 Å². The van der Waals surface area contributed by atoms with Crippen LogP contribution in [0.5, 0.6) is 5.75 Å². The topological polar surface area (TPSA) is 63.9 Å². The molecule has 1 aliphatic rings. The van der Waals surface area contributed by atoms with Gasteiger partial charge in [0.1, 0.15) is 11.6 Å². The van der Waals surface area contributed by atoms with Gasteiger partial charge in [0.15, 0.2) is 0 Å². The van der Waals surface area contributed by atoms with Gasteiger partial charge in [-0.2, -0.15) is 0 Å². The highest BCUT2D eigenvalue weighted by Gasteiger charge is 2.25. The summed E-state index contributed by atoms with van der Waals surface area (Å²) in [4.78, 5) is 8.02. The first kappa shape index (κ1) is 10.6. The van der Waals surface area contributed by atoms with Gasteiger partial charge in [-0.15, -0.1) is 0 Å². The highest BCUT2D eigenvalue weighted by molar-refractivity contribution is 5.76. The Bertz CT molecular complexity index is 534. The average Bonchev–Trinajstić information content (AvgIpc) is 2.93. The molecular formula is C13H17N3O. The molecule has 1 fully saturated rings. The Balaban J connectivity index is 1.96. The number of rotatable bonds is 2. The Labute approximate surface area is 100 Å². The summed E-state index contributed by atoms with van der Waals surface area (Å²) >= 11 is 0. The number of hydrogen-bond acceptors (Lipinski definition) is 3. The number of nitrogens with one attached hydrogen (secondary N) is 1. The minimum Gasteiger partial charge on any atom is -0.497 e. The molecule has 1 aliphatic carbocycles. The van der Waals surface area contributed by atoms with Gasteiger partial charge in [-0.3, -0.25) is 0 Å². The van der Waals surface area contributed by atoms with E-state index in [0.29, 0.717) is 12.0 Å². The molecule has 3 N–H and O–H groups in total. The van der Waals surface area contributed by atoms with E-state index in [1.54, 1.807) is 7.11 Å². The summed E-state index contributed by atoms with van der Waals surface area (Å²) < 4.78 is 5.21. The van der Waals surface area contributed by atoms with E-state index in [2.05, 4.69) is 9.97 Å². The first-order valence-electron chi connectivity index (χ1n) is 6.05. The maximum atomic E-state index is 5.94. The van der Waals surface area contributed by atoms with Crippen molar-refractivity contribution in [3.63, 3.8) is 0 Å². The van der Waals surface area contributed by atoms with Crippen molar-refractivity contribution >= 4 is 11.0 Å². The second-order valence-corrected chi connectivity index (χ2v) is 4.78. The summed E-state index contributed by atoms with van der Waals surface area (Å²) in [6, 6.07) is 6.25. The van der Waals surface area contributed by atoms with Crippen molar-refractivity contribution in [3.8, 4) is 5.75 Å². The quantitative estimate of drug-likeness (QED) is 0.832. The maximum absolute atomic E-state index is 5.94. The number of methoxy groups -OCH3 is 1. The van der Waals surface area contributed by atoms with Crippen molar-refractivity contribution in [2.75, 3.05) is 7.11 Å². The molecule has 0 amide bonds. The Morgan fingerprint density at radius 1 is 1.41 bits per heavy atom. The van der Waals surface area contributed by atoms with Gasteiger partial charge in [-0.1, -0.05) is 0 Å². The Morgan fingerprint density at radius 2 is 2.29 bits per heavy atom. The highest BCUT2D eigenvalue weighted by Crippen LogP contribution is 2.33. The smallest absolute Gasteiger partial charge is 0.121 e. The van der Waals surface area contributed by atoms with Crippen molar-refractivity contribution in [2.45, 2.75) is 31.2 Å². The molecule has 0 bridgehead atoms. The highest BCUT2D eigenvalue weighted by atomic mass is 16.5. The average molecular weight is 231 g/mol. The number of aromatic nitrogens is 2. The van der Waals surface area contributed by atoms with Gasteiger partial charge >= 0.3 is 0 Å². The van der Waals surface area contributed by atoms with E-state index in [0.717, 1.165) is 41.9 Å². The fourth-order valence-corrected chi connectivity index (χ4v) is 2.59. The molecule has 4 heteroatoms. The second-order valence-electron chi connectivity index (χ2n) is 4.78. The Morgan fingerprint density at radius 3 is 3.00 bits per heavy atom. The summed E-state index contributed by atoms with van der Waals surface area (Å²) in [5, 5.41) is 0. The lowest BCUT2D eigenvalue weighted by atomic mass is 10.1. The third kappa shape index (κ3) is 1.89. The van der Waals surface area contributed by atoms with E-state index in [4.69, 9.17) is 10.5 Å². The van der Waals surface area contributed by atoms with E-state index < -0.39 is 0 Å². The molecule has 0 unspecified atom stereocenters. The number of nitrogens with two attached hydrogens (primary N) is 1. The zero-order valence-corrected chi connectivity index (χ0v) is 9.94.